The van der Waals surface area contributed by atoms with Crippen molar-refractivity contribution in [3.63, 3.8) is 0 Å². The van der Waals surface area contributed by atoms with Gasteiger partial charge in [-0.2, -0.15) is 50.5 Å². The minimum absolute atomic E-state index is 0.109. The summed E-state index contributed by atoms with van der Waals surface area (Å²) in [6.07, 6.45) is 0. The number of benzene rings is 1. The monoisotopic (exact) mass is 378 g/mol. The average Bonchev–Trinajstić information content (AvgIpc) is 2.56. The maximum Gasteiger partial charge on any atom is 0.338 e. The molecule has 1 aromatic rings. The molecule has 8 heteroatoms. The second kappa shape index (κ2) is 10.4. The van der Waals surface area contributed by atoms with Gasteiger partial charge >= 0.3 is 11.9 Å². The Morgan fingerprint density at radius 2 is 1.14 bits per heavy atom. The Hall–Kier alpha value is -0.440. The maximum absolute atomic E-state index is 11.8. The fourth-order valence-electron chi connectivity index (χ4n) is 1.36. The fraction of sp³-hybridized carbons (Fsp3) is 0.429. The van der Waals surface area contributed by atoms with Crippen molar-refractivity contribution in [1.29, 1.82) is 0 Å². The smallest absolute Gasteiger partial charge is 0.338 e. The minimum atomic E-state index is -0.466. The molecule has 0 aliphatic heterocycles. The molecule has 0 aliphatic rings. The summed E-state index contributed by atoms with van der Waals surface area (Å²) in [6, 6.07) is 6.07. The van der Waals surface area contributed by atoms with Crippen LogP contribution in [0.5, 0.6) is 0 Å². The Morgan fingerprint density at radius 3 is 1.41 bits per heavy atom. The van der Waals surface area contributed by atoms with Crippen LogP contribution in [0.15, 0.2) is 24.3 Å². The van der Waals surface area contributed by atoms with Gasteiger partial charge in [-0.1, -0.05) is 0 Å². The molecule has 1 rings (SSSR count). The van der Waals surface area contributed by atoms with Crippen molar-refractivity contribution >= 4 is 62.5 Å². The van der Waals surface area contributed by atoms with E-state index in [0.717, 1.165) is 0 Å². The predicted molar refractivity (Wildman–Crippen MR) is 100 cm³/mol. The predicted octanol–water partition coefficient (Wildman–Crippen LogP) is 2.46. The lowest BCUT2D eigenvalue weighted by molar-refractivity contribution is 0.0497. The minimum Gasteiger partial charge on any atom is -0.461 e. The Morgan fingerprint density at radius 1 is 0.818 bits per heavy atom. The SMILES string of the molecule is O=C(OCC(S)CS)c1ccc(C(=O)OCC(S)CS)cc1. The molecule has 4 nitrogen and oxygen atoms in total. The Balaban J connectivity index is 2.55. The first kappa shape index (κ1) is 19.6. The first-order chi connectivity index (χ1) is 10.5. The Kier molecular flexibility index (Phi) is 9.23. The van der Waals surface area contributed by atoms with Crippen molar-refractivity contribution in [3.8, 4) is 0 Å². The fourth-order valence-corrected chi connectivity index (χ4v) is 1.72. The lowest BCUT2D eigenvalue weighted by atomic mass is 10.1. The van der Waals surface area contributed by atoms with E-state index in [0.29, 0.717) is 22.6 Å². The molecule has 122 valence electrons. The van der Waals surface area contributed by atoms with Gasteiger partial charge in [0, 0.05) is 22.0 Å². The second-order valence-electron chi connectivity index (χ2n) is 4.45. The number of carbonyl (C=O) groups is 2. The van der Waals surface area contributed by atoms with Crippen LogP contribution in [0.25, 0.3) is 0 Å². The van der Waals surface area contributed by atoms with Gasteiger partial charge in [0.05, 0.1) is 11.1 Å². The van der Waals surface area contributed by atoms with Gasteiger partial charge in [0.2, 0.25) is 0 Å². The van der Waals surface area contributed by atoms with Crippen molar-refractivity contribution in [2.24, 2.45) is 0 Å². The Bertz CT molecular complexity index is 447. The largest absolute Gasteiger partial charge is 0.461 e. The third-order valence-electron chi connectivity index (χ3n) is 2.59. The molecule has 0 spiro atoms. The first-order valence-electron chi connectivity index (χ1n) is 6.50. The molecule has 0 fully saturated rings. The van der Waals surface area contributed by atoms with Crippen LogP contribution < -0.4 is 0 Å². The Labute approximate surface area is 152 Å². The van der Waals surface area contributed by atoms with Gasteiger partial charge in [0.25, 0.3) is 0 Å². The zero-order chi connectivity index (χ0) is 16.5. The molecule has 0 saturated carbocycles. The van der Waals surface area contributed by atoms with Gasteiger partial charge in [0.1, 0.15) is 13.2 Å². The molecule has 0 saturated heterocycles. The molecule has 2 unspecified atom stereocenters. The summed E-state index contributed by atoms with van der Waals surface area (Å²) in [6.45, 7) is 0.366. The molecule has 0 aromatic heterocycles. The third-order valence-corrected chi connectivity index (χ3v) is 4.71. The second-order valence-corrected chi connectivity index (χ2v) is 6.64. The number of carbonyl (C=O) groups excluding carboxylic acids is 2. The summed E-state index contributed by atoms with van der Waals surface area (Å²) >= 11 is 16.5. The summed E-state index contributed by atoms with van der Waals surface area (Å²) in [4.78, 5) is 23.6. The number of rotatable bonds is 8. The zero-order valence-corrected chi connectivity index (χ0v) is 15.3. The third kappa shape index (κ3) is 6.76. The van der Waals surface area contributed by atoms with E-state index >= 15 is 0 Å². The van der Waals surface area contributed by atoms with Gasteiger partial charge in [0.15, 0.2) is 0 Å². The molecule has 0 heterocycles. The van der Waals surface area contributed by atoms with E-state index in [4.69, 9.17) is 9.47 Å². The van der Waals surface area contributed by atoms with Gasteiger partial charge in [-0.15, -0.1) is 0 Å². The van der Waals surface area contributed by atoms with Crippen molar-refractivity contribution in [2.75, 3.05) is 24.7 Å². The van der Waals surface area contributed by atoms with Crippen LogP contribution >= 0.6 is 50.5 Å². The van der Waals surface area contributed by atoms with Crippen LogP contribution in [0.4, 0.5) is 0 Å². The van der Waals surface area contributed by atoms with E-state index in [2.05, 4.69) is 50.5 Å². The van der Waals surface area contributed by atoms with Crippen LogP contribution in [0.1, 0.15) is 20.7 Å². The lowest BCUT2D eigenvalue weighted by Gasteiger charge is -2.10. The zero-order valence-electron chi connectivity index (χ0n) is 11.7. The molecule has 0 N–H and O–H groups in total. The number of ether oxygens (including phenoxy) is 2. The van der Waals surface area contributed by atoms with Gasteiger partial charge in [-0.05, 0) is 24.3 Å². The van der Waals surface area contributed by atoms with E-state index in [1.807, 2.05) is 0 Å². The highest BCUT2D eigenvalue weighted by Crippen LogP contribution is 2.09. The molecule has 0 radical (unpaired) electrons. The van der Waals surface area contributed by atoms with Gasteiger partial charge < -0.3 is 9.47 Å². The average molecular weight is 379 g/mol. The highest BCUT2D eigenvalue weighted by Gasteiger charge is 2.13. The van der Waals surface area contributed by atoms with E-state index in [9.17, 15) is 9.59 Å². The summed E-state index contributed by atoms with van der Waals surface area (Å²) < 4.78 is 10.2. The van der Waals surface area contributed by atoms with Crippen LogP contribution in [0.3, 0.4) is 0 Å². The van der Waals surface area contributed by atoms with Crippen LogP contribution in [0.2, 0.25) is 0 Å². The van der Waals surface area contributed by atoms with Crippen LogP contribution in [0, 0.1) is 0 Å². The number of esters is 2. The number of hydrogen-bond acceptors (Lipinski definition) is 8. The molecule has 0 aliphatic carbocycles. The summed E-state index contributed by atoms with van der Waals surface area (Å²) in [5.41, 5.74) is 0.720. The molecule has 2 atom stereocenters. The number of thiol groups is 4. The highest BCUT2D eigenvalue weighted by atomic mass is 32.1. The first-order valence-corrected chi connectivity index (χ1v) is 8.79. The number of hydrogen-bond donors (Lipinski definition) is 4. The topological polar surface area (TPSA) is 52.6 Å². The van der Waals surface area contributed by atoms with E-state index in [-0.39, 0.29) is 23.7 Å². The molecule has 22 heavy (non-hydrogen) atoms. The van der Waals surface area contributed by atoms with Crippen molar-refractivity contribution in [1.82, 2.24) is 0 Å². The summed E-state index contributed by atoms with van der Waals surface area (Å²) in [5, 5.41) is -0.218. The molecular formula is C14H18O4S4. The van der Waals surface area contributed by atoms with E-state index in [1.165, 1.54) is 24.3 Å². The normalized spacial score (nSPS) is 13.3. The van der Waals surface area contributed by atoms with Crippen molar-refractivity contribution < 1.29 is 19.1 Å². The molecular weight excluding hydrogens is 360 g/mol. The molecule has 1 aromatic carbocycles. The maximum atomic E-state index is 11.8. The standard InChI is InChI=1S/C14H18O4S4/c15-13(17-5-11(21)7-19)9-1-2-10(4-3-9)14(16)18-6-12(22)8-20/h1-4,11-12,19-22H,5-8H2. The van der Waals surface area contributed by atoms with Crippen LogP contribution in [-0.2, 0) is 9.47 Å². The quantitative estimate of drug-likeness (QED) is 0.415. The van der Waals surface area contributed by atoms with Gasteiger partial charge in [-0.3, -0.25) is 0 Å². The van der Waals surface area contributed by atoms with E-state index in [1.54, 1.807) is 0 Å². The summed E-state index contributed by atoms with van der Waals surface area (Å²) in [7, 11) is 0. The summed E-state index contributed by atoms with van der Waals surface area (Å²) in [5.74, 6) is 0.0941. The lowest BCUT2D eigenvalue weighted by Crippen LogP contribution is -2.16. The van der Waals surface area contributed by atoms with Crippen LogP contribution in [-0.4, -0.2) is 47.2 Å². The van der Waals surface area contributed by atoms with Gasteiger partial charge in [-0.25, -0.2) is 9.59 Å². The van der Waals surface area contributed by atoms with E-state index < -0.39 is 11.9 Å². The van der Waals surface area contributed by atoms with Crippen molar-refractivity contribution in [2.45, 2.75) is 10.5 Å². The molecule has 0 bridgehead atoms. The molecule has 0 amide bonds. The van der Waals surface area contributed by atoms with Crippen molar-refractivity contribution in [3.05, 3.63) is 35.4 Å². The highest BCUT2D eigenvalue weighted by molar-refractivity contribution is 7.85.